The second kappa shape index (κ2) is 10.4. The van der Waals surface area contributed by atoms with Gasteiger partial charge in [-0.1, -0.05) is 17.4 Å². The number of anilines is 1. The van der Waals surface area contributed by atoms with Gasteiger partial charge in [-0.05, 0) is 45.4 Å². The van der Waals surface area contributed by atoms with Gasteiger partial charge in [0.25, 0.3) is 5.91 Å². The van der Waals surface area contributed by atoms with Crippen LogP contribution in [0.1, 0.15) is 36.5 Å². The first-order chi connectivity index (χ1) is 15.6. The van der Waals surface area contributed by atoms with Crippen LogP contribution in [-0.2, 0) is 11.3 Å². The fourth-order valence-corrected chi connectivity index (χ4v) is 4.94. The molecule has 0 bridgehead atoms. The van der Waals surface area contributed by atoms with Crippen LogP contribution in [0.2, 0.25) is 0 Å². The molecule has 0 atom stereocenters. The molecule has 0 saturated carbocycles. The minimum Gasteiger partial charge on any atom is -0.492 e. The lowest BCUT2D eigenvalue weighted by molar-refractivity contribution is 0.0376. The third-order valence-electron chi connectivity index (χ3n) is 5.61. The number of hydrogen-bond acceptors (Lipinski definition) is 7. The van der Waals surface area contributed by atoms with E-state index < -0.39 is 0 Å². The Kier molecular flexibility index (Phi) is 7.39. The lowest BCUT2D eigenvalue weighted by Crippen LogP contribution is -2.39. The van der Waals surface area contributed by atoms with Crippen molar-refractivity contribution in [1.82, 2.24) is 19.7 Å². The summed E-state index contributed by atoms with van der Waals surface area (Å²) >= 11 is 1.52. The van der Waals surface area contributed by atoms with Crippen LogP contribution in [0.5, 0.6) is 5.75 Å². The van der Waals surface area contributed by atoms with Crippen LogP contribution in [0.25, 0.3) is 10.2 Å². The second-order valence-electron chi connectivity index (χ2n) is 7.78. The molecule has 1 aromatic carbocycles. The summed E-state index contributed by atoms with van der Waals surface area (Å²) in [5.74, 6) is 0.638. The Hall–Kier alpha value is -2.49. The highest BCUT2D eigenvalue weighted by Crippen LogP contribution is 2.35. The van der Waals surface area contributed by atoms with E-state index in [1.807, 2.05) is 49.7 Å². The summed E-state index contributed by atoms with van der Waals surface area (Å²) in [7, 11) is 0. The Labute approximate surface area is 192 Å². The molecular formula is C23H31N5O3S. The maximum absolute atomic E-state index is 13.5. The zero-order chi connectivity index (χ0) is 22.5. The van der Waals surface area contributed by atoms with E-state index in [0.717, 1.165) is 67.5 Å². The van der Waals surface area contributed by atoms with Crippen LogP contribution in [0.4, 0.5) is 5.13 Å². The second-order valence-corrected chi connectivity index (χ2v) is 8.79. The number of ether oxygens (including phenoxy) is 2. The van der Waals surface area contributed by atoms with Crippen molar-refractivity contribution in [3.05, 3.63) is 35.7 Å². The van der Waals surface area contributed by atoms with Crippen molar-refractivity contribution in [2.24, 2.45) is 0 Å². The molecule has 0 unspecified atom stereocenters. The summed E-state index contributed by atoms with van der Waals surface area (Å²) in [5.41, 5.74) is 2.24. The van der Waals surface area contributed by atoms with Crippen LogP contribution in [0, 0.1) is 6.92 Å². The van der Waals surface area contributed by atoms with Gasteiger partial charge in [-0.15, -0.1) is 0 Å². The highest BCUT2D eigenvalue weighted by atomic mass is 32.1. The highest BCUT2D eigenvalue weighted by Gasteiger charge is 2.25. The largest absolute Gasteiger partial charge is 0.492 e. The zero-order valence-corrected chi connectivity index (χ0v) is 19.9. The molecular weight excluding hydrogens is 426 g/mol. The lowest BCUT2D eigenvalue weighted by Gasteiger charge is -2.27. The normalized spacial score (nSPS) is 14.7. The molecule has 3 aromatic rings. The summed E-state index contributed by atoms with van der Waals surface area (Å²) in [5, 5.41) is 5.21. The molecule has 32 heavy (non-hydrogen) atoms. The molecule has 9 heteroatoms. The standard InChI is InChI=1S/C23H31N5O3S/c1-4-28-17(3)16-18(25-28)22(29)27(11-7-10-26-12-14-30-15-13-26)23-24-21-19(31-5-2)8-6-9-20(21)32-23/h6,8-9,16H,4-5,7,10-15H2,1-3H3. The summed E-state index contributed by atoms with van der Waals surface area (Å²) in [6.45, 7) is 12.2. The van der Waals surface area contributed by atoms with E-state index in [-0.39, 0.29) is 5.91 Å². The first-order valence-corrected chi connectivity index (χ1v) is 12.1. The number of hydrogen-bond donors (Lipinski definition) is 0. The molecule has 0 N–H and O–H groups in total. The predicted octanol–water partition coefficient (Wildman–Crippen LogP) is 3.59. The number of amides is 1. The van der Waals surface area contributed by atoms with Crippen molar-refractivity contribution < 1.29 is 14.3 Å². The molecule has 1 aliphatic rings. The highest BCUT2D eigenvalue weighted by molar-refractivity contribution is 7.22. The Morgan fingerprint density at radius 2 is 2.09 bits per heavy atom. The number of benzene rings is 1. The van der Waals surface area contributed by atoms with Crippen molar-refractivity contribution in [3.8, 4) is 5.75 Å². The first kappa shape index (κ1) is 22.7. The van der Waals surface area contributed by atoms with Gasteiger partial charge in [-0.3, -0.25) is 19.3 Å². The van der Waals surface area contributed by atoms with Gasteiger partial charge < -0.3 is 9.47 Å². The number of carbonyl (C=O) groups is 1. The lowest BCUT2D eigenvalue weighted by atomic mass is 10.3. The molecule has 1 aliphatic heterocycles. The van der Waals surface area contributed by atoms with Gasteiger partial charge in [0.1, 0.15) is 11.3 Å². The van der Waals surface area contributed by atoms with E-state index in [1.165, 1.54) is 11.3 Å². The Bertz CT molecular complexity index is 1060. The van der Waals surface area contributed by atoms with Gasteiger partial charge >= 0.3 is 0 Å². The molecule has 2 aromatic heterocycles. The molecule has 0 aliphatic carbocycles. The Morgan fingerprint density at radius 3 is 2.81 bits per heavy atom. The summed E-state index contributed by atoms with van der Waals surface area (Å²) in [6.07, 6.45) is 0.855. The van der Waals surface area contributed by atoms with Gasteiger partial charge in [0.15, 0.2) is 10.8 Å². The van der Waals surface area contributed by atoms with E-state index in [4.69, 9.17) is 14.5 Å². The maximum Gasteiger partial charge on any atom is 0.280 e. The number of para-hydroxylation sites is 1. The molecule has 3 heterocycles. The number of carbonyl (C=O) groups excluding carboxylic acids is 1. The smallest absolute Gasteiger partial charge is 0.280 e. The van der Waals surface area contributed by atoms with Gasteiger partial charge in [0.05, 0.1) is 24.5 Å². The fraction of sp³-hybridized carbons (Fsp3) is 0.522. The topological polar surface area (TPSA) is 72.7 Å². The van der Waals surface area contributed by atoms with Crippen molar-refractivity contribution in [2.75, 3.05) is 50.9 Å². The van der Waals surface area contributed by atoms with Crippen molar-refractivity contribution >= 4 is 32.6 Å². The minimum absolute atomic E-state index is 0.112. The van der Waals surface area contributed by atoms with E-state index >= 15 is 0 Å². The predicted molar refractivity (Wildman–Crippen MR) is 127 cm³/mol. The van der Waals surface area contributed by atoms with Crippen molar-refractivity contribution in [1.29, 1.82) is 0 Å². The van der Waals surface area contributed by atoms with Crippen molar-refractivity contribution in [2.45, 2.75) is 33.7 Å². The first-order valence-electron chi connectivity index (χ1n) is 11.3. The van der Waals surface area contributed by atoms with Gasteiger partial charge in [0.2, 0.25) is 0 Å². The van der Waals surface area contributed by atoms with E-state index in [1.54, 1.807) is 4.90 Å². The number of morpholine rings is 1. The van der Waals surface area contributed by atoms with E-state index in [0.29, 0.717) is 24.0 Å². The van der Waals surface area contributed by atoms with E-state index in [2.05, 4.69) is 10.00 Å². The average molecular weight is 458 g/mol. The molecule has 8 nitrogen and oxygen atoms in total. The third kappa shape index (κ3) is 4.95. The number of aromatic nitrogens is 3. The van der Waals surface area contributed by atoms with E-state index in [9.17, 15) is 4.79 Å². The molecule has 0 radical (unpaired) electrons. The Morgan fingerprint density at radius 1 is 1.28 bits per heavy atom. The molecule has 1 fully saturated rings. The number of aryl methyl sites for hydroxylation is 2. The number of fused-ring (bicyclic) bond motifs is 1. The van der Waals surface area contributed by atoms with Crippen LogP contribution in [-0.4, -0.2) is 71.6 Å². The number of thiazole rings is 1. The summed E-state index contributed by atoms with van der Waals surface area (Å²) in [4.78, 5) is 22.5. The molecule has 1 saturated heterocycles. The monoisotopic (exact) mass is 457 g/mol. The van der Waals surface area contributed by atoms with Crippen LogP contribution < -0.4 is 9.64 Å². The zero-order valence-electron chi connectivity index (χ0n) is 19.0. The van der Waals surface area contributed by atoms with Crippen LogP contribution in [0.3, 0.4) is 0 Å². The van der Waals surface area contributed by atoms with Crippen LogP contribution in [0.15, 0.2) is 24.3 Å². The number of nitrogens with zero attached hydrogens (tertiary/aromatic N) is 5. The summed E-state index contributed by atoms with van der Waals surface area (Å²) < 4.78 is 14.1. The average Bonchev–Trinajstić information content (AvgIpc) is 3.41. The number of rotatable bonds is 9. The Balaban J connectivity index is 1.61. The van der Waals surface area contributed by atoms with Gasteiger partial charge in [-0.25, -0.2) is 4.98 Å². The molecule has 172 valence electrons. The molecule has 0 spiro atoms. The molecule has 4 rings (SSSR count). The summed E-state index contributed by atoms with van der Waals surface area (Å²) in [6, 6.07) is 7.77. The SMILES string of the molecule is CCOc1cccc2sc(N(CCCN3CCOCC3)C(=O)c3cc(C)n(CC)n3)nc12. The van der Waals surface area contributed by atoms with Gasteiger partial charge in [-0.2, -0.15) is 5.10 Å². The quantitative estimate of drug-likeness (QED) is 0.489. The minimum atomic E-state index is -0.112. The van der Waals surface area contributed by atoms with Crippen LogP contribution >= 0.6 is 11.3 Å². The van der Waals surface area contributed by atoms with Crippen molar-refractivity contribution in [3.63, 3.8) is 0 Å². The van der Waals surface area contributed by atoms with Gasteiger partial charge in [0, 0.05) is 38.4 Å². The maximum atomic E-state index is 13.5. The fourth-order valence-electron chi connectivity index (χ4n) is 3.93. The third-order valence-corrected chi connectivity index (χ3v) is 6.65. The molecule has 1 amide bonds.